The summed E-state index contributed by atoms with van der Waals surface area (Å²) in [5, 5.41) is -0.292. The summed E-state index contributed by atoms with van der Waals surface area (Å²) in [6.45, 7) is 2.37. The molecule has 0 unspecified atom stereocenters. The number of thiazole rings is 1. The minimum absolute atomic E-state index is 0.116. The number of hydrogen-bond acceptors (Lipinski definition) is 5. The predicted octanol–water partition coefficient (Wildman–Crippen LogP) is 7.87. The number of pyridine rings is 1. The molecule has 2 heterocycles. The fourth-order valence-electron chi connectivity index (χ4n) is 3.36. The summed E-state index contributed by atoms with van der Waals surface area (Å²) in [6.07, 6.45) is 4.60. The monoisotopic (exact) mass is 481 g/mol. The van der Waals surface area contributed by atoms with Crippen molar-refractivity contribution in [1.82, 2.24) is 9.97 Å². The summed E-state index contributed by atoms with van der Waals surface area (Å²) in [6, 6.07) is 7.19. The zero-order valence-corrected chi connectivity index (χ0v) is 19.5. The highest BCUT2D eigenvalue weighted by atomic mass is 32.1. The van der Waals surface area contributed by atoms with Crippen LogP contribution < -0.4 is 9.64 Å². The van der Waals surface area contributed by atoms with Crippen LogP contribution in [0, 0.1) is 5.13 Å². The van der Waals surface area contributed by atoms with Crippen molar-refractivity contribution in [1.29, 1.82) is 0 Å². The lowest BCUT2D eigenvalue weighted by atomic mass is 10.1. The molecule has 0 saturated heterocycles. The number of unbranched alkanes of at least 4 members (excludes halogenated alkanes) is 5. The molecule has 9 heteroatoms. The van der Waals surface area contributed by atoms with E-state index < -0.39 is 16.9 Å². The van der Waals surface area contributed by atoms with E-state index in [0.717, 1.165) is 43.1 Å². The molecule has 0 N–H and O–H groups in total. The third-order valence-electron chi connectivity index (χ3n) is 5.21. The van der Waals surface area contributed by atoms with E-state index in [0.29, 0.717) is 12.0 Å². The number of alkyl halides is 3. The summed E-state index contributed by atoms with van der Waals surface area (Å²) < 4.78 is 61.1. The van der Waals surface area contributed by atoms with E-state index in [1.165, 1.54) is 29.7 Å². The van der Waals surface area contributed by atoms with Gasteiger partial charge in [0.05, 0.1) is 12.2 Å². The first kappa shape index (κ1) is 25.0. The van der Waals surface area contributed by atoms with Crippen LogP contribution in [0.1, 0.15) is 51.0 Å². The molecule has 4 nitrogen and oxygen atoms in total. The minimum atomic E-state index is -4.58. The number of anilines is 2. The molecule has 1 aromatic carbocycles. The zero-order chi connectivity index (χ0) is 23.8. The Bertz CT molecular complexity index is 1020. The summed E-state index contributed by atoms with van der Waals surface area (Å²) in [7, 11) is 1.55. The van der Waals surface area contributed by atoms with Crippen LogP contribution >= 0.6 is 11.3 Å². The summed E-state index contributed by atoms with van der Waals surface area (Å²) in [5.41, 5.74) is -0.00622. The number of hydrogen-bond donors (Lipinski definition) is 0. The van der Waals surface area contributed by atoms with Crippen LogP contribution in [-0.4, -0.2) is 23.6 Å². The Hall–Kier alpha value is -2.68. The third kappa shape index (κ3) is 6.66. The molecule has 3 aromatic rings. The molecule has 0 bridgehead atoms. The SMILES string of the molecule is CCCCCCCCOc1ccc(N(C)c2nc(-c3cccnc3)c(F)s2)cc1C(F)(F)F. The van der Waals surface area contributed by atoms with Crippen LogP contribution in [0.3, 0.4) is 0 Å². The maximum atomic E-state index is 14.5. The highest BCUT2D eigenvalue weighted by Crippen LogP contribution is 2.41. The summed E-state index contributed by atoms with van der Waals surface area (Å²) in [4.78, 5) is 9.67. The first-order valence-corrected chi connectivity index (χ1v) is 11.8. The molecule has 0 aliphatic rings. The molecule has 0 saturated carbocycles. The van der Waals surface area contributed by atoms with Gasteiger partial charge in [-0.15, -0.1) is 0 Å². The van der Waals surface area contributed by atoms with Gasteiger partial charge < -0.3 is 9.64 Å². The Kier molecular flexibility index (Phi) is 8.66. The smallest absolute Gasteiger partial charge is 0.420 e. The first-order valence-electron chi connectivity index (χ1n) is 11.0. The largest absolute Gasteiger partial charge is 0.493 e. The molecular formula is C24H27F4N3OS. The Balaban J connectivity index is 1.74. The fraction of sp³-hybridized carbons (Fsp3) is 0.417. The minimum Gasteiger partial charge on any atom is -0.493 e. The van der Waals surface area contributed by atoms with Crippen molar-refractivity contribution in [2.24, 2.45) is 0 Å². The second-order valence-electron chi connectivity index (χ2n) is 7.71. The average molecular weight is 482 g/mol. The van der Waals surface area contributed by atoms with E-state index >= 15 is 0 Å². The molecular weight excluding hydrogens is 454 g/mol. The number of ether oxygens (including phenoxy) is 1. The van der Waals surface area contributed by atoms with Crippen molar-refractivity contribution in [2.45, 2.75) is 51.6 Å². The van der Waals surface area contributed by atoms with Crippen LogP contribution in [0.4, 0.5) is 28.4 Å². The lowest BCUT2D eigenvalue weighted by Gasteiger charge is -2.20. The van der Waals surface area contributed by atoms with Gasteiger partial charge in [-0.2, -0.15) is 17.6 Å². The van der Waals surface area contributed by atoms with Gasteiger partial charge in [-0.3, -0.25) is 4.98 Å². The zero-order valence-electron chi connectivity index (χ0n) is 18.7. The van der Waals surface area contributed by atoms with Crippen LogP contribution in [0.15, 0.2) is 42.7 Å². The van der Waals surface area contributed by atoms with Gasteiger partial charge in [0.1, 0.15) is 11.4 Å². The fourth-order valence-corrected chi connectivity index (χ4v) is 4.16. The number of halogens is 4. The van der Waals surface area contributed by atoms with Crippen molar-refractivity contribution in [3.05, 3.63) is 53.4 Å². The Morgan fingerprint density at radius 1 is 1.06 bits per heavy atom. The van der Waals surface area contributed by atoms with Gasteiger partial charge in [-0.1, -0.05) is 50.4 Å². The predicted molar refractivity (Wildman–Crippen MR) is 124 cm³/mol. The van der Waals surface area contributed by atoms with E-state index in [9.17, 15) is 17.6 Å². The molecule has 0 atom stereocenters. The summed E-state index contributed by atoms with van der Waals surface area (Å²) >= 11 is 0.762. The van der Waals surface area contributed by atoms with Crippen molar-refractivity contribution in [2.75, 3.05) is 18.6 Å². The molecule has 0 aliphatic carbocycles. The first-order chi connectivity index (χ1) is 15.8. The van der Waals surface area contributed by atoms with Crippen LogP contribution in [0.25, 0.3) is 11.3 Å². The van der Waals surface area contributed by atoms with Gasteiger partial charge in [0, 0.05) is 30.7 Å². The van der Waals surface area contributed by atoms with Gasteiger partial charge in [-0.05, 0) is 36.8 Å². The van der Waals surface area contributed by atoms with Crippen molar-refractivity contribution in [3.63, 3.8) is 0 Å². The standard InChI is InChI=1S/C24H27F4N3OS/c1-3-4-5-6-7-8-14-32-20-12-11-18(15-19(20)24(26,27)28)31(2)23-30-21(22(25)33-23)17-10-9-13-29-16-17/h9-13,15-16H,3-8,14H2,1-2H3. The van der Waals surface area contributed by atoms with E-state index in [2.05, 4.69) is 16.9 Å². The Morgan fingerprint density at radius 3 is 2.52 bits per heavy atom. The molecule has 0 radical (unpaired) electrons. The van der Waals surface area contributed by atoms with Crippen LogP contribution in [0.5, 0.6) is 5.75 Å². The maximum Gasteiger partial charge on any atom is 0.420 e. The number of benzene rings is 1. The second kappa shape index (κ2) is 11.4. The third-order valence-corrected chi connectivity index (χ3v) is 6.13. The molecule has 33 heavy (non-hydrogen) atoms. The van der Waals surface area contributed by atoms with Gasteiger partial charge >= 0.3 is 6.18 Å². The summed E-state index contributed by atoms with van der Waals surface area (Å²) in [5.74, 6) is -0.199. The average Bonchev–Trinajstić information content (AvgIpc) is 3.19. The quantitative estimate of drug-likeness (QED) is 0.206. The molecule has 0 fully saturated rings. The van der Waals surface area contributed by atoms with Crippen LogP contribution in [-0.2, 0) is 6.18 Å². The van der Waals surface area contributed by atoms with Gasteiger partial charge in [0.2, 0.25) is 5.13 Å². The van der Waals surface area contributed by atoms with E-state index in [1.807, 2.05) is 0 Å². The Labute approximate surface area is 195 Å². The number of aromatic nitrogens is 2. The molecule has 178 valence electrons. The van der Waals surface area contributed by atoms with Gasteiger partial charge in [0.15, 0.2) is 5.13 Å². The lowest BCUT2D eigenvalue weighted by Crippen LogP contribution is -2.13. The highest BCUT2D eigenvalue weighted by molar-refractivity contribution is 7.14. The highest BCUT2D eigenvalue weighted by Gasteiger charge is 2.35. The second-order valence-corrected chi connectivity index (χ2v) is 8.64. The maximum absolute atomic E-state index is 14.5. The number of nitrogens with zero attached hydrogens (tertiary/aromatic N) is 3. The van der Waals surface area contributed by atoms with Gasteiger partial charge in [0.25, 0.3) is 0 Å². The van der Waals surface area contributed by atoms with Crippen molar-refractivity contribution < 1.29 is 22.3 Å². The molecule has 0 spiro atoms. The van der Waals surface area contributed by atoms with Crippen LogP contribution in [0.2, 0.25) is 0 Å². The normalized spacial score (nSPS) is 11.6. The van der Waals surface area contributed by atoms with E-state index in [-0.39, 0.29) is 28.9 Å². The molecule has 0 aliphatic heterocycles. The number of rotatable bonds is 11. The lowest BCUT2D eigenvalue weighted by molar-refractivity contribution is -0.138. The molecule has 3 rings (SSSR count). The Morgan fingerprint density at radius 2 is 1.82 bits per heavy atom. The topological polar surface area (TPSA) is 38.2 Å². The van der Waals surface area contributed by atoms with Crippen molar-refractivity contribution in [3.8, 4) is 17.0 Å². The molecule has 0 amide bonds. The van der Waals surface area contributed by atoms with E-state index in [1.54, 1.807) is 25.4 Å². The van der Waals surface area contributed by atoms with Gasteiger partial charge in [-0.25, -0.2) is 4.98 Å². The van der Waals surface area contributed by atoms with E-state index in [4.69, 9.17) is 4.74 Å². The van der Waals surface area contributed by atoms with Crippen molar-refractivity contribution >= 4 is 22.2 Å². The molecule has 2 aromatic heterocycles.